The summed E-state index contributed by atoms with van der Waals surface area (Å²) in [5, 5.41) is 7.71. The van der Waals surface area contributed by atoms with Gasteiger partial charge in [-0.25, -0.2) is 4.98 Å². The summed E-state index contributed by atoms with van der Waals surface area (Å²) >= 11 is 3.50. The molecule has 0 saturated carbocycles. The Morgan fingerprint density at radius 1 is 1.32 bits per heavy atom. The molecule has 0 amide bonds. The highest BCUT2D eigenvalue weighted by atomic mass is 32.2. The van der Waals surface area contributed by atoms with E-state index in [1.54, 1.807) is 23.1 Å². The average molecular weight is 289 g/mol. The zero-order valence-corrected chi connectivity index (χ0v) is 12.1. The number of thioether (sulfide) groups is 1. The molecule has 1 atom stereocenters. The first-order valence-corrected chi connectivity index (χ1v) is 8.15. The van der Waals surface area contributed by atoms with Crippen molar-refractivity contribution in [1.82, 2.24) is 10.3 Å². The Balaban J connectivity index is 1.54. The topological polar surface area (TPSA) is 37.3 Å². The molecule has 0 aliphatic carbocycles. The molecule has 5 heteroatoms. The van der Waals surface area contributed by atoms with Crippen molar-refractivity contribution in [2.24, 2.45) is 4.99 Å². The van der Waals surface area contributed by atoms with Crippen molar-refractivity contribution in [3.05, 3.63) is 52.5 Å². The number of nitrogens with one attached hydrogen (secondary N) is 1. The lowest BCUT2D eigenvalue weighted by Crippen LogP contribution is -2.19. The van der Waals surface area contributed by atoms with Gasteiger partial charge < -0.3 is 5.32 Å². The van der Waals surface area contributed by atoms with Crippen LogP contribution < -0.4 is 5.32 Å². The molecule has 1 unspecified atom stereocenters. The normalized spacial score (nSPS) is 20.6. The van der Waals surface area contributed by atoms with E-state index in [4.69, 9.17) is 0 Å². The molecule has 0 radical (unpaired) electrons. The van der Waals surface area contributed by atoms with Gasteiger partial charge in [-0.15, -0.1) is 11.3 Å². The molecule has 98 valence electrons. The lowest BCUT2D eigenvalue weighted by Gasteiger charge is -2.09. The van der Waals surface area contributed by atoms with Crippen molar-refractivity contribution < 1.29 is 0 Å². The second-order valence-corrected chi connectivity index (χ2v) is 6.27. The number of hydrogen-bond donors (Lipinski definition) is 1. The van der Waals surface area contributed by atoms with Crippen molar-refractivity contribution in [3.8, 4) is 0 Å². The largest absolute Gasteiger partial charge is 0.357 e. The van der Waals surface area contributed by atoms with E-state index in [0.717, 1.165) is 28.9 Å². The lowest BCUT2D eigenvalue weighted by atomic mass is 10.1. The van der Waals surface area contributed by atoms with Crippen LogP contribution in [0.5, 0.6) is 0 Å². The van der Waals surface area contributed by atoms with Gasteiger partial charge in [0.05, 0.1) is 11.0 Å². The summed E-state index contributed by atoms with van der Waals surface area (Å²) in [6, 6.07) is 10.9. The molecule has 1 aliphatic heterocycles. The third-order valence-electron chi connectivity index (χ3n) is 2.95. The molecule has 2 heterocycles. The van der Waals surface area contributed by atoms with Gasteiger partial charge in [-0.2, -0.15) is 0 Å². The summed E-state index contributed by atoms with van der Waals surface area (Å²) < 4.78 is 0. The van der Waals surface area contributed by atoms with Crippen molar-refractivity contribution in [2.75, 3.05) is 12.3 Å². The van der Waals surface area contributed by atoms with Crippen molar-refractivity contribution in [2.45, 2.75) is 12.5 Å². The average Bonchev–Trinajstić information content (AvgIpc) is 3.11. The highest BCUT2D eigenvalue weighted by Gasteiger charge is 2.21. The van der Waals surface area contributed by atoms with Crippen LogP contribution in [-0.2, 0) is 6.42 Å². The molecule has 19 heavy (non-hydrogen) atoms. The van der Waals surface area contributed by atoms with Crippen LogP contribution >= 0.6 is 23.1 Å². The van der Waals surface area contributed by atoms with Crippen LogP contribution in [0.15, 0.2) is 46.9 Å². The van der Waals surface area contributed by atoms with E-state index in [0.29, 0.717) is 6.04 Å². The fourth-order valence-corrected chi connectivity index (χ4v) is 3.60. The van der Waals surface area contributed by atoms with Gasteiger partial charge in [-0.1, -0.05) is 42.1 Å². The predicted molar refractivity (Wildman–Crippen MR) is 82.9 cm³/mol. The smallest absolute Gasteiger partial charge is 0.157 e. The van der Waals surface area contributed by atoms with Crippen LogP contribution in [0.3, 0.4) is 0 Å². The first-order chi connectivity index (χ1) is 9.42. The van der Waals surface area contributed by atoms with E-state index in [9.17, 15) is 0 Å². The second kappa shape index (κ2) is 6.21. The molecule has 1 aromatic carbocycles. The zero-order chi connectivity index (χ0) is 12.9. The highest BCUT2D eigenvalue weighted by molar-refractivity contribution is 8.14. The molecule has 3 rings (SSSR count). The van der Waals surface area contributed by atoms with Gasteiger partial charge in [-0.3, -0.25) is 4.99 Å². The third kappa shape index (κ3) is 3.36. The van der Waals surface area contributed by atoms with Gasteiger partial charge in [0.2, 0.25) is 0 Å². The van der Waals surface area contributed by atoms with Gasteiger partial charge in [0.15, 0.2) is 5.17 Å². The maximum Gasteiger partial charge on any atom is 0.157 e. The van der Waals surface area contributed by atoms with Crippen LogP contribution in [-0.4, -0.2) is 22.4 Å². The maximum absolute atomic E-state index is 4.61. The minimum atomic E-state index is 0.393. The van der Waals surface area contributed by atoms with E-state index in [-0.39, 0.29) is 0 Å². The quantitative estimate of drug-likeness (QED) is 0.939. The first-order valence-electron chi connectivity index (χ1n) is 6.29. The number of thiazole rings is 1. The Hall–Kier alpha value is -1.33. The first kappa shape index (κ1) is 12.7. The number of aliphatic imine (C=N–C) groups is 1. The molecule has 1 aromatic heterocycles. The Labute approximate surface area is 121 Å². The minimum absolute atomic E-state index is 0.393. The van der Waals surface area contributed by atoms with E-state index in [1.807, 2.05) is 11.6 Å². The zero-order valence-electron chi connectivity index (χ0n) is 10.5. The lowest BCUT2D eigenvalue weighted by molar-refractivity contribution is 0.748. The van der Waals surface area contributed by atoms with E-state index >= 15 is 0 Å². The van der Waals surface area contributed by atoms with Crippen LogP contribution in [0.25, 0.3) is 0 Å². The summed E-state index contributed by atoms with van der Waals surface area (Å²) in [4.78, 5) is 8.87. The van der Waals surface area contributed by atoms with E-state index in [1.165, 1.54) is 5.56 Å². The minimum Gasteiger partial charge on any atom is -0.357 e. The molecular formula is C14H15N3S2. The van der Waals surface area contributed by atoms with Gasteiger partial charge in [-0.05, 0) is 5.56 Å². The molecule has 1 N–H and O–H groups in total. The summed E-state index contributed by atoms with van der Waals surface area (Å²) in [5.74, 6) is 1.06. The molecule has 2 aromatic rings. The number of benzene rings is 1. The van der Waals surface area contributed by atoms with Crippen LogP contribution in [0.4, 0.5) is 0 Å². The summed E-state index contributed by atoms with van der Waals surface area (Å²) in [6.07, 6.45) is 2.78. The summed E-state index contributed by atoms with van der Waals surface area (Å²) in [7, 11) is 0. The third-order valence-corrected chi connectivity index (χ3v) is 4.81. The number of amidine groups is 1. The molecule has 0 spiro atoms. The Bertz CT molecular complexity index is 537. The number of rotatable bonds is 4. The fourth-order valence-electron chi connectivity index (χ4n) is 1.98. The van der Waals surface area contributed by atoms with Crippen molar-refractivity contribution >= 4 is 28.3 Å². The number of aromatic nitrogens is 1. The number of hydrogen-bond acceptors (Lipinski definition) is 4. The van der Waals surface area contributed by atoms with E-state index < -0.39 is 0 Å². The molecule has 1 aliphatic rings. The number of nitrogens with zero attached hydrogens (tertiary/aromatic N) is 2. The Kier molecular flexibility index (Phi) is 4.15. The van der Waals surface area contributed by atoms with Gasteiger partial charge in [0.25, 0.3) is 0 Å². The SMILES string of the molecule is c1ccc(C2CSC(=NCCc3nccs3)N2)cc1. The molecule has 3 nitrogen and oxygen atoms in total. The monoisotopic (exact) mass is 289 g/mol. The van der Waals surface area contributed by atoms with Crippen molar-refractivity contribution in [1.29, 1.82) is 0 Å². The van der Waals surface area contributed by atoms with Crippen LogP contribution in [0, 0.1) is 0 Å². The van der Waals surface area contributed by atoms with Crippen LogP contribution in [0.1, 0.15) is 16.6 Å². The van der Waals surface area contributed by atoms with Crippen LogP contribution in [0.2, 0.25) is 0 Å². The Morgan fingerprint density at radius 3 is 3.00 bits per heavy atom. The molecular weight excluding hydrogens is 274 g/mol. The van der Waals surface area contributed by atoms with Gasteiger partial charge in [0.1, 0.15) is 0 Å². The second-order valence-electron chi connectivity index (χ2n) is 4.28. The summed E-state index contributed by atoms with van der Waals surface area (Å²) in [6.45, 7) is 0.810. The van der Waals surface area contributed by atoms with Gasteiger partial charge in [0, 0.05) is 30.3 Å². The fraction of sp³-hybridized carbons (Fsp3) is 0.286. The highest BCUT2D eigenvalue weighted by Crippen LogP contribution is 2.25. The van der Waals surface area contributed by atoms with Gasteiger partial charge >= 0.3 is 0 Å². The molecule has 0 bridgehead atoms. The van der Waals surface area contributed by atoms with Crippen molar-refractivity contribution in [3.63, 3.8) is 0 Å². The molecule has 1 fully saturated rings. The summed E-state index contributed by atoms with van der Waals surface area (Å²) in [5.41, 5.74) is 1.33. The standard InChI is InChI=1S/C14H15N3S2/c1-2-4-11(5-3-1)12-10-19-14(17-12)16-7-6-13-15-8-9-18-13/h1-5,8-9,12H,6-7,10H2,(H,16,17). The van der Waals surface area contributed by atoms with E-state index in [2.05, 4.69) is 45.6 Å². The maximum atomic E-state index is 4.61. The Morgan fingerprint density at radius 2 is 2.21 bits per heavy atom. The molecule has 1 saturated heterocycles. The predicted octanol–water partition coefficient (Wildman–Crippen LogP) is 3.12.